The molecule has 30 heavy (non-hydrogen) atoms. The Hall–Kier alpha value is -3.08. The summed E-state index contributed by atoms with van der Waals surface area (Å²) in [5.41, 5.74) is 4.86. The van der Waals surface area contributed by atoms with E-state index in [0.29, 0.717) is 35.5 Å². The summed E-state index contributed by atoms with van der Waals surface area (Å²) in [5, 5.41) is 5.96. The van der Waals surface area contributed by atoms with Crippen molar-refractivity contribution in [1.82, 2.24) is 5.32 Å². The highest BCUT2D eigenvalue weighted by atomic mass is 19.1. The van der Waals surface area contributed by atoms with Gasteiger partial charge in [0.1, 0.15) is 11.6 Å². The molecule has 0 fully saturated rings. The zero-order valence-corrected chi connectivity index (χ0v) is 17.7. The van der Waals surface area contributed by atoms with E-state index in [1.807, 2.05) is 6.20 Å². The summed E-state index contributed by atoms with van der Waals surface area (Å²) in [6.45, 7) is 8.83. The molecule has 0 aliphatic carbocycles. The maximum absolute atomic E-state index is 14.7. The smallest absolute Gasteiger partial charge is 0.257 e. The number of amides is 1. The first-order valence-corrected chi connectivity index (χ1v) is 10.5. The quantitative estimate of drug-likeness (QED) is 0.557. The number of ether oxygens (including phenoxy) is 1. The first kappa shape index (κ1) is 21.6. The molecule has 1 aliphatic heterocycles. The van der Waals surface area contributed by atoms with E-state index in [-0.39, 0.29) is 18.3 Å². The van der Waals surface area contributed by atoms with Crippen LogP contribution in [0.1, 0.15) is 43.4 Å². The standard InChI is InChI=1S/C25H29FN2O2/c1-4-6-13-27-23(29)16-30-22-12-11-21(26)24-17(3)20(15-28-25(22)24)14-19-9-7-18(5-2)8-10-19/h7-12,15,28H,3-6,13-14,16H2,1-2H3,(H,27,29). The largest absolute Gasteiger partial charge is 0.482 e. The Morgan fingerprint density at radius 3 is 2.57 bits per heavy atom. The van der Waals surface area contributed by atoms with Crippen LogP contribution >= 0.6 is 0 Å². The molecule has 2 aromatic rings. The van der Waals surface area contributed by atoms with Crippen LogP contribution in [0.4, 0.5) is 10.1 Å². The van der Waals surface area contributed by atoms with Crippen molar-refractivity contribution in [3.8, 4) is 5.75 Å². The second kappa shape index (κ2) is 10.1. The van der Waals surface area contributed by atoms with E-state index in [4.69, 9.17) is 4.74 Å². The lowest BCUT2D eigenvalue weighted by Crippen LogP contribution is -2.29. The molecule has 1 amide bonds. The number of hydrogen-bond donors (Lipinski definition) is 2. The van der Waals surface area contributed by atoms with Gasteiger partial charge >= 0.3 is 0 Å². The minimum atomic E-state index is -0.367. The van der Waals surface area contributed by atoms with Crippen LogP contribution in [0.3, 0.4) is 0 Å². The molecular weight excluding hydrogens is 379 g/mol. The lowest BCUT2D eigenvalue weighted by Gasteiger charge is -2.24. The van der Waals surface area contributed by atoms with Crippen molar-refractivity contribution in [2.75, 3.05) is 18.5 Å². The molecule has 0 aromatic heterocycles. The van der Waals surface area contributed by atoms with E-state index in [1.54, 1.807) is 0 Å². The fraction of sp³-hybridized carbons (Fsp3) is 0.320. The molecule has 0 saturated heterocycles. The van der Waals surface area contributed by atoms with Crippen LogP contribution < -0.4 is 15.4 Å². The van der Waals surface area contributed by atoms with Gasteiger partial charge < -0.3 is 15.4 Å². The third-order valence-electron chi connectivity index (χ3n) is 5.23. The van der Waals surface area contributed by atoms with Gasteiger partial charge in [-0.15, -0.1) is 0 Å². The third-order valence-corrected chi connectivity index (χ3v) is 5.23. The lowest BCUT2D eigenvalue weighted by atomic mass is 9.90. The van der Waals surface area contributed by atoms with Crippen LogP contribution in [0.5, 0.6) is 5.75 Å². The maximum atomic E-state index is 14.7. The van der Waals surface area contributed by atoms with Gasteiger partial charge in [-0.2, -0.15) is 0 Å². The molecule has 5 heteroatoms. The molecule has 2 N–H and O–H groups in total. The number of carbonyl (C=O) groups is 1. The van der Waals surface area contributed by atoms with Gasteiger partial charge in [0.2, 0.25) is 0 Å². The molecule has 2 aromatic carbocycles. The number of fused-ring (bicyclic) bond motifs is 1. The van der Waals surface area contributed by atoms with Gasteiger partial charge in [-0.05, 0) is 53.7 Å². The van der Waals surface area contributed by atoms with Crippen molar-refractivity contribution in [3.05, 3.63) is 77.3 Å². The highest BCUT2D eigenvalue weighted by Crippen LogP contribution is 2.41. The molecule has 0 saturated carbocycles. The predicted octanol–water partition coefficient (Wildman–Crippen LogP) is 5.25. The summed E-state index contributed by atoms with van der Waals surface area (Å²) < 4.78 is 20.3. The van der Waals surface area contributed by atoms with Crippen molar-refractivity contribution in [1.29, 1.82) is 0 Å². The van der Waals surface area contributed by atoms with Crippen molar-refractivity contribution in [3.63, 3.8) is 0 Å². The van der Waals surface area contributed by atoms with Crippen molar-refractivity contribution < 1.29 is 13.9 Å². The van der Waals surface area contributed by atoms with E-state index >= 15 is 0 Å². The molecule has 0 radical (unpaired) electrons. The van der Waals surface area contributed by atoms with Crippen LogP contribution in [-0.4, -0.2) is 19.1 Å². The number of halogens is 1. The number of aryl methyl sites for hydroxylation is 1. The molecule has 4 nitrogen and oxygen atoms in total. The summed E-state index contributed by atoms with van der Waals surface area (Å²) >= 11 is 0. The second-order valence-electron chi connectivity index (χ2n) is 7.43. The summed E-state index contributed by atoms with van der Waals surface area (Å²) in [7, 11) is 0. The Morgan fingerprint density at radius 1 is 1.13 bits per heavy atom. The molecule has 0 bridgehead atoms. The zero-order chi connectivity index (χ0) is 21.5. The molecule has 0 spiro atoms. The van der Waals surface area contributed by atoms with Gasteiger partial charge in [-0.1, -0.05) is 51.1 Å². The summed E-state index contributed by atoms with van der Waals surface area (Å²) in [5.74, 6) is -0.127. The Kier molecular flexibility index (Phi) is 7.28. The van der Waals surface area contributed by atoms with Crippen LogP contribution in [0.2, 0.25) is 0 Å². The number of carbonyl (C=O) groups excluding carboxylic acids is 1. The molecule has 3 rings (SSSR count). The Bertz CT molecular complexity index is 948. The highest BCUT2D eigenvalue weighted by molar-refractivity contribution is 5.91. The summed E-state index contributed by atoms with van der Waals surface area (Å²) in [6, 6.07) is 11.3. The van der Waals surface area contributed by atoms with Gasteiger partial charge in [0.05, 0.1) is 5.69 Å². The number of hydrogen-bond acceptors (Lipinski definition) is 3. The first-order valence-electron chi connectivity index (χ1n) is 10.5. The van der Waals surface area contributed by atoms with Crippen molar-refractivity contribution in [2.24, 2.45) is 0 Å². The predicted molar refractivity (Wildman–Crippen MR) is 120 cm³/mol. The molecule has 0 unspecified atom stereocenters. The fourth-order valence-corrected chi connectivity index (χ4v) is 3.39. The van der Waals surface area contributed by atoms with Gasteiger partial charge in [-0.3, -0.25) is 4.79 Å². The number of allylic oxidation sites excluding steroid dienone is 2. The Labute approximate surface area is 177 Å². The Balaban J connectivity index is 1.72. The van der Waals surface area contributed by atoms with E-state index in [0.717, 1.165) is 30.4 Å². The van der Waals surface area contributed by atoms with Crippen LogP contribution in [0.25, 0.3) is 5.57 Å². The summed E-state index contributed by atoms with van der Waals surface area (Å²) in [4.78, 5) is 11.9. The zero-order valence-electron chi connectivity index (χ0n) is 17.7. The van der Waals surface area contributed by atoms with Crippen molar-refractivity contribution >= 4 is 17.2 Å². The van der Waals surface area contributed by atoms with Gasteiger partial charge in [0, 0.05) is 18.3 Å². The van der Waals surface area contributed by atoms with Gasteiger partial charge in [0.15, 0.2) is 6.61 Å². The minimum absolute atomic E-state index is 0.115. The number of anilines is 1. The fourth-order valence-electron chi connectivity index (χ4n) is 3.39. The van der Waals surface area contributed by atoms with Crippen LogP contribution in [0, 0.1) is 5.82 Å². The van der Waals surface area contributed by atoms with Crippen molar-refractivity contribution in [2.45, 2.75) is 39.5 Å². The molecule has 1 heterocycles. The average molecular weight is 409 g/mol. The molecule has 1 aliphatic rings. The monoisotopic (exact) mass is 408 g/mol. The van der Waals surface area contributed by atoms with E-state index in [2.05, 4.69) is 55.3 Å². The van der Waals surface area contributed by atoms with E-state index in [9.17, 15) is 9.18 Å². The molecular formula is C25H29FN2O2. The second-order valence-corrected chi connectivity index (χ2v) is 7.43. The van der Waals surface area contributed by atoms with Gasteiger partial charge in [-0.25, -0.2) is 4.39 Å². The van der Waals surface area contributed by atoms with E-state index in [1.165, 1.54) is 17.7 Å². The Morgan fingerprint density at radius 2 is 1.87 bits per heavy atom. The average Bonchev–Trinajstić information content (AvgIpc) is 2.75. The van der Waals surface area contributed by atoms with Gasteiger partial charge in [0.25, 0.3) is 5.91 Å². The molecule has 0 atom stereocenters. The van der Waals surface area contributed by atoms with Crippen LogP contribution in [-0.2, 0) is 17.6 Å². The summed E-state index contributed by atoms with van der Waals surface area (Å²) in [6.07, 6.45) is 5.42. The first-order chi connectivity index (χ1) is 14.5. The molecule has 158 valence electrons. The topological polar surface area (TPSA) is 50.4 Å². The number of benzene rings is 2. The lowest BCUT2D eigenvalue weighted by molar-refractivity contribution is -0.123. The third kappa shape index (κ3) is 5.09. The SMILES string of the molecule is C=C1C(Cc2ccc(CC)cc2)=CNc2c(OCC(=O)NCCCC)ccc(F)c21. The number of nitrogens with one attached hydrogen (secondary N) is 2. The minimum Gasteiger partial charge on any atom is -0.482 e. The van der Waals surface area contributed by atoms with Crippen LogP contribution in [0.15, 0.2) is 54.8 Å². The number of unbranched alkanes of at least 4 members (excludes halogenated alkanes) is 1. The maximum Gasteiger partial charge on any atom is 0.257 e. The number of rotatable bonds is 9. The normalized spacial score (nSPS) is 12.6. The highest BCUT2D eigenvalue weighted by Gasteiger charge is 2.23. The van der Waals surface area contributed by atoms with E-state index < -0.39 is 0 Å².